The predicted octanol–water partition coefficient (Wildman–Crippen LogP) is 1.38. The number of anilines is 1. The Balaban J connectivity index is 3.05. The Hall–Kier alpha value is -1.27. The molecule has 0 spiro atoms. The molecular weight excluding hydrogens is 162 g/mol. The van der Waals surface area contributed by atoms with Crippen LogP contribution in [0.5, 0.6) is 0 Å². The summed E-state index contributed by atoms with van der Waals surface area (Å²) in [6.45, 7) is 0. The van der Waals surface area contributed by atoms with Crippen molar-refractivity contribution in [3.63, 3.8) is 0 Å². The standard InChI is InChI=1S/C7H6ClN3/c8-6-4-11-7(10)3-5(6)1-2-9/h3-4H,1H2,(H2,10,11). The molecule has 0 amide bonds. The Kier molecular flexibility index (Phi) is 2.29. The van der Waals surface area contributed by atoms with Crippen LogP contribution in [-0.4, -0.2) is 4.98 Å². The summed E-state index contributed by atoms with van der Waals surface area (Å²) < 4.78 is 0. The maximum absolute atomic E-state index is 8.37. The third kappa shape index (κ3) is 1.82. The molecule has 0 saturated carbocycles. The van der Waals surface area contributed by atoms with E-state index in [0.29, 0.717) is 10.8 Å². The molecule has 0 aliphatic rings. The summed E-state index contributed by atoms with van der Waals surface area (Å²) in [5.41, 5.74) is 6.10. The van der Waals surface area contributed by atoms with Gasteiger partial charge in [-0.2, -0.15) is 5.26 Å². The van der Waals surface area contributed by atoms with Gasteiger partial charge in [0.2, 0.25) is 0 Å². The Morgan fingerprint density at radius 1 is 1.73 bits per heavy atom. The van der Waals surface area contributed by atoms with Gasteiger partial charge in [-0.15, -0.1) is 0 Å². The molecule has 1 aromatic heterocycles. The van der Waals surface area contributed by atoms with E-state index < -0.39 is 0 Å². The van der Waals surface area contributed by atoms with E-state index in [1.54, 1.807) is 6.07 Å². The SMILES string of the molecule is N#CCc1cc(N)ncc1Cl. The van der Waals surface area contributed by atoms with Gasteiger partial charge in [-0.25, -0.2) is 4.98 Å². The van der Waals surface area contributed by atoms with Gasteiger partial charge in [0.25, 0.3) is 0 Å². The molecule has 0 bridgehead atoms. The number of hydrogen-bond acceptors (Lipinski definition) is 3. The average Bonchev–Trinajstić information content (AvgIpc) is 1.98. The first-order valence-corrected chi connectivity index (χ1v) is 3.38. The van der Waals surface area contributed by atoms with Crippen LogP contribution in [0, 0.1) is 11.3 Å². The number of halogens is 1. The average molecular weight is 168 g/mol. The molecule has 1 rings (SSSR count). The van der Waals surface area contributed by atoms with Crippen molar-refractivity contribution in [3.8, 4) is 6.07 Å². The number of pyridine rings is 1. The van der Waals surface area contributed by atoms with Crippen molar-refractivity contribution in [2.24, 2.45) is 0 Å². The van der Waals surface area contributed by atoms with Crippen molar-refractivity contribution in [3.05, 3.63) is 22.8 Å². The van der Waals surface area contributed by atoms with Crippen LogP contribution in [0.15, 0.2) is 12.3 Å². The van der Waals surface area contributed by atoms with Crippen LogP contribution in [-0.2, 0) is 6.42 Å². The highest BCUT2D eigenvalue weighted by molar-refractivity contribution is 6.31. The Bertz CT molecular complexity index is 303. The van der Waals surface area contributed by atoms with E-state index in [2.05, 4.69) is 4.98 Å². The number of nitrogen functional groups attached to an aromatic ring is 1. The van der Waals surface area contributed by atoms with E-state index in [1.165, 1.54) is 6.20 Å². The normalized spacial score (nSPS) is 9.09. The van der Waals surface area contributed by atoms with E-state index >= 15 is 0 Å². The van der Waals surface area contributed by atoms with E-state index in [9.17, 15) is 0 Å². The van der Waals surface area contributed by atoms with Gasteiger partial charge >= 0.3 is 0 Å². The number of hydrogen-bond donors (Lipinski definition) is 1. The number of nitrogens with zero attached hydrogens (tertiary/aromatic N) is 2. The highest BCUT2D eigenvalue weighted by Gasteiger charge is 1.99. The van der Waals surface area contributed by atoms with Gasteiger partial charge in [0.15, 0.2) is 0 Å². The zero-order valence-electron chi connectivity index (χ0n) is 5.71. The molecule has 0 atom stereocenters. The summed E-state index contributed by atoms with van der Waals surface area (Å²) in [6.07, 6.45) is 1.72. The molecule has 0 aromatic carbocycles. The first-order chi connectivity index (χ1) is 5.24. The highest BCUT2D eigenvalue weighted by Crippen LogP contribution is 2.16. The van der Waals surface area contributed by atoms with Crippen molar-refractivity contribution in [1.29, 1.82) is 5.26 Å². The molecular formula is C7H6ClN3. The summed E-state index contributed by atoms with van der Waals surface area (Å²) in [6, 6.07) is 3.59. The molecule has 3 nitrogen and oxygen atoms in total. The molecule has 0 radical (unpaired) electrons. The van der Waals surface area contributed by atoms with Crippen molar-refractivity contribution >= 4 is 17.4 Å². The number of nitrogens with two attached hydrogens (primary N) is 1. The van der Waals surface area contributed by atoms with Crippen molar-refractivity contribution in [2.45, 2.75) is 6.42 Å². The van der Waals surface area contributed by atoms with Crippen molar-refractivity contribution in [2.75, 3.05) is 5.73 Å². The Labute approximate surface area is 69.4 Å². The van der Waals surface area contributed by atoms with E-state index in [0.717, 1.165) is 5.56 Å². The summed E-state index contributed by atoms with van der Waals surface area (Å²) >= 11 is 5.71. The van der Waals surface area contributed by atoms with Crippen LogP contribution in [0.3, 0.4) is 0 Å². The smallest absolute Gasteiger partial charge is 0.123 e. The Morgan fingerprint density at radius 2 is 2.45 bits per heavy atom. The third-order valence-electron chi connectivity index (χ3n) is 1.23. The predicted molar refractivity (Wildman–Crippen MR) is 43.0 cm³/mol. The second kappa shape index (κ2) is 3.22. The summed E-state index contributed by atoms with van der Waals surface area (Å²) in [5, 5.41) is 8.85. The quantitative estimate of drug-likeness (QED) is 0.688. The lowest BCUT2D eigenvalue weighted by atomic mass is 10.2. The fourth-order valence-corrected chi connectivity index (χ4v) is 0.890. The topological polar surface area (TPSA) is 62.7 Å². The fourth-order valence-electron chi connectivity index (χ4n) is 0.719. The van der Waals surface area contributed by atoms with Crippen LogP contribution < -0.4 is 5.73 Å². The molecule has 2 N–H and O–H groups in total. The highest BCUT2D eigenvalue weighted by atomic mass is 35.5. The van der Waals surface area contributed by atoms with Crippen LogP contribution >= 0.6 is 11.6 Å². The molecule has 0 saturated heterocycles. The fraction of sp³-hybridized carbons (Fsp3) is 0.143. The lowest BCUT2D eigenvalue weighted by Crippen LogP contribution is -1.92. The summed E-state index contributed by atoms with van der Waals surface area (Å²) in [4.78, 5) is 3.76. The molecule has 1 heterocycles. The van der Waals surface area contributed by atoms with Crippen LogP contribution in [0.2, 0.25) is 5.02 Å². The van der Waals surface area contributed by atoms with Gasteiger partial charge < -0.3 is 5.73 Å². The van der Waals surface area contributed by atoms with Gasteiger partial charge in [0.1, 0.15) is 5.82 Å². The third-order valence-corrected chi connectivity index (χ3v) is 1.57. The maximum atomic E-state index is 8.37. The van der Waals surface area contributed by atoms with Crippen LogP contribution in [0.25, 0.3) is 0 Å². The molecule has 56 valence electrons. The van der Waals surface area contributed by atoms with Crippen LogP contribution in [0.4, 0.5) is 5.82 Å². The minimum atomic E-state index is 0.269. The minimum absolute atomic E-state index is 0.269. The molecule has 0 unspecified atom stereocenters. The monoisotopic (exact) mass is 167 g/mol. The lowest BCUT2D eigenvalue weighted by Gasteiger charge is -1.98. The molecule has 0 aliphatic heterocycles. The number of aromatic nitrogens is 1. The van der Waals surface area contributed by atoms with Crippen LogP contribution in [0.1, 0.15) is 5.56 Å². The van der Waals surface area contributed by atoms with Gasteiger partial charge in [-0.1, -0.05) is 11.6 Å². The summed E-state index contributed by atoms with van der Waals surface area (Å²) in [7, 11) is 0. The van der Waals surface area contributed by atoms with Gasteiger partial charge in [0, 0.05) is 6.20 Å². The van der Waals surface area contributed by atoms with E-state index in [-0.39, 0.29) is 6.42 Å². The first kappa shape index (κ1) is 7.83. The number of rotatable bonds is 1. The van der Waals surface area contributed by atoms with E-state index in [1.807, 2.05) is 6.07 Å². The molecule has 0 fully saturated rings. The second-order valence-corrected chi connectivity index (χ2v) is 2.44. The molecule has 1 aromatic rings. The molecule has 0 aliphatic carbocycles. The second-order valence-electron chi connectivity index (χ2n) is 2.04. The minimum Gasteiger partial charge on any atom is -0.384 e. The van der Waals surface area contributed by atoms with Crippen molar-refractivity contribution < 1.29 is 0 Å². The van der Waals surface area contributed by atoms with Gasteiger partial charge in [-0.05, 0) is 11.6 Å². The zero-order chi connectivity index (χ0) is 8.27. The molecule has 11 heavy (non-hydrogen) atoms. The maximum Gasteiger partial charge on any atom is 0.123 e. The van der Waals surface area contributed by atoms with E-state index in [4.69, 9.17) is 22.6 Å². The lowest BCUT2D eigenvalue weighted by molar-refractivity contribution is 1.22. The molecule has 4 heteroatoms. The zero-order valence-corrected chi connectivity index (χ0v) is 6.47. The largest absolute Gasteiger partial charge is 0.384 e. The first-order valence-electron chi connectivity index (χ1n) is 3.01. The summed E-state index contributed by atoms with van der Waals surface area (Å²) in [5.74, 6) is 0.389. The van der Waals surface area contributed by atoms with Crippen molar-refractivity contribution in [1.82, 2.24) is 4.98 Å². The Morgan fingerprint density at radius 3 is 3.09 bits per heavy atom. The number of nitriles is 1. The van der Waals surface area contributed by atoms with Gasteiger partial charge in [0.05, 0.1) is 17.5 Å². The van der Waals surface area contributed by atoms with Gasteiger partial charge in [-0.3, -0.25) is 0 Å².